The van der Waals surface area contributed by atoms with E-state index in [0.29, 0.717) is 5.02 Å². The van der Waals surface area contributed by atoms with Crippen LogP contribution in [-0.2, 0) is 4.79 Å². The van der Waals surface area contributed by atoms with Gasteiger partial charge in [0.1, 0.15) is 5.82 Å². The SMILES string of the molecule is CC(N)C(=O)Nc1cc(Cl)ccc1F. The summed E-state index contributed by atoms with van der Waals surface area (Å²) in [6.07, 6.45) is 0. The van der Waals surface area contributed by atoms with Crippen LogP contribution < -0.4 is 11.1 Å². The number of benzene rings is 1. The lowest BCUT2D eigenvalue weighted by Gasteiger charge is -2.08. The number of anilines is 1. The number of amides is 1. The van der Waals surface area contributed by atoms with Crippen molar-refractivity contribution in [2.45, 2.75) is 13.0 Å². The molecule has 0 aromatic heterocycles. The fourth-order valence-electron chi connectivity index (χ4n) is 0.840. The lowest BCUT2D eigenvalue weighted by Crippen LogP contribution is -2.32. The summed E-state index contributed by atoms with van der Waals surface area (Å²) in [5, 5.41) is 2.68. The van der Waals surface area contributed by atoms with E-state index >= 15 is 0 Å². The number of hydrogen-bond acceptors (Lipinski definition) is 2. The first kappa shape index (κ1) is 10.9. The van der Waals surface area contributed by atoms with Gasteiger partial charge in [0.25, 0.3) is 0 Å². The van der Waals surface area contributed by atoms with E-state index in [1.807, 2.05) is 0 Å². The molecular formula is C9H10ClFN2O. The van der Waals surface area contributed by atoms with Gasteiger partial charge in [-0.1, -0.05) is 11.6 Å². The molecule has 0 fully saturated rings. The monoisotopic (exact) mass is 216 g/mol. The van der Waals surface area contributed by atoms with Gasteiger partial charge in [0, 0.05) is 5.02 Å². The van der Waals surface area contributed by atoms with E-state index in [-0.39, 0.29) is 5.69 Å². The molecule has 3 N–H and O–H groups in total. The lowest BCUT2D eigenvalue weighted by molar-refractivity contribution is -0.117. The predicted octanol–water partition coefficient (Wildman–Crippen LogP) is 1.76. The van der Waals surface area contributed by atoms with Crippen LogP contribution in [0.25, 0.3) is 0 Å². The van der Waals surface area contributed by atoms with Gasteiger partial charge >= 0.3 is 0 Å². The highest BCUT2D eigenvalue weighted by molar-refractivity contribution is 6.30. The van der Waals surface area contributed by atoms with Gasteiger partial charge < -0.3 is 11.1 Å². The summed E-state index contributed by atoms with van der Waals surface area (Å²) < 4.78 is 13.1. The first-order valence-electron chi connectivity index (χ1n) is 4.02. The van der Waals surface area contributed by atoms with Crippen LogP contribution in [0.5, 0.6) is 0 Å². The summed E-state index contributed by atoms with van der Waals surface area (Å²) in [4.78, 5) is 11.1. The predicted molar refractivity (Wildman–Crippen MR) is 53.7 cm³/mol. The van der Waals surface area contributed by atoms with E-state index in [0.717, 1.165) is 0 Å². The van der Waals surface area contributed by atoms with Gasteiger partial charge in [0.2, 0.25) is 5.91 Å². The Balaban J connectivity index is 2.86. The summed E-state index contributed by atoms with van der Waals surface area (Å²) in [7, 11) is 0. The van der Waals surface area contributed by atoms with Crippen molar-refractivity contribution in [3.63, 3.8) is 0 Å². The molecule has 0 spiro atoms. The number of nitrogens with two attached hydrogens (primary N) is 1. The Hall–Kier alpha value is -1.13. The van der Waals surface area contributed by atoms with Crippen LogP contribution in [0.15, 0.2) is 18.2 Å². The molecule has 1 unspecified atom stereocenters. The molecule has 0 aliphatic carbocycles. The van der Waals surface area contributed by atoms with Crippen LogP contribution in [-0.4, -0.2) is 11.9 Å². The molecule has 0 heterocycles. The van der Waals surface area contributed by atoms with Crippen LogP contribution in [0, 0.1) is 5.82 Å². The second-order valence-electron chi connectivity index (χ2n) is 2.90. The molecule has 0 saturated heterocycles. The van der Waals surface area contributed by atoms with Gasteiger partial charge in [-0.05, 0) is 25.1 Å². The highest BCUT2D eigenvalue weighted by Crippen LogP contribution is 2.19. The molecule has 3 nitrogen and oxygen atoms in total. The van der Waals surface area contributed by atoms with E-state index in [1.165, 1.54) is 25.1 Å². The van der Waals surface area contributed by atoms with E-state index in [1.54, 1.807) is 0 Å². The van der Waals surface area contributed by atoms with Crippen molar-refractivity contribution >= 4 is 23.2 Å². The van der Waals surface area contributed by atoms with Crippen LogP contribution >= 0.6 is 11.6 Å². The van der Waals surface area contributed by atoms with Crippen LogP contribution in [0.1, 0.15) is 6.92 Å². The number of rotatable bonds is 2. The summed E-state index contributed by atoms with van der Waals surface area (Å²) in [5.74, 6) is -0.991. The standard InChI is InChI=1S/C9H10ClFN2O/c1-5(12)9(14)13-8-4-6(10)2-3-7(8)11/h2-5H,12H2,1H3,(H,13,14). The minimum atomic E-state index is -0.687. The van der Waals surface area contributed by atoms with E-state index < -0.39 is 17.8 Å². The molecule has 0 aliphatic heterocycles. The summed E-state index contributed by atoms with van der Waals surface area (Å²) in [6, 6.07) is 3.22. The number of halogens is 2. The van der Waals surface area contributed by atoms with Crippen molar-refractivity contribution in [1.29, 1.82) is 0 Å². The van der Waals surface area contributed by atoms with Gasteiger partial charge in [-0.3, -0.25) is 4.79 Å². The highest BCUT2D eigenvalue weighted by Gasteiger charge is 2.10. The molecule has 0 aliphatic rings. The van der Waals surface area contributed by atoms with Crippen molar-refractivity contribution < 1.29 is 9.18 Å². The molecule has 14 heavy (non-hydrogen) atoms. The third-order valence-corrected chi connectivity index (χ3v) is 1.83. The van der Waals surface area contributed by atoms with Gasteiger partial charge in [-0.25, -0.2) is 4.39 Å². The van der Waals surface area contributed by atoms with Gasteiger partial charge in [0.05, 0.1) is 11.7 Å². The molecule has 0 radical (unpaired) electrons. The molecule has 5 heteroatoms. The lowest BCUT2D eigenvalue weighted by atomic mass is 10.2. The van der Waals surface area contributed by atoms with Gasteiger partial charge in [-0.15, -0.1) is 0 Å². The molecule has 1 atom stereocenters. The Morgan fingerprint density at radius 3 is 2.86 bits per heavy atom. The average Bonchev–Trinajstić information content (AvgIpc) is 2.11. The second kappa shape index (κ2) is 4.39. The molecule has 1 aromatic rings. The van der Waals surface area contributed by atoms with Crippen molar-refractivity contribution in [3.05, 3.63) is 29.0 Å². The van der Waals surface area contributed by atoms with Gasteiger partial charge in [0.15, 0.2) is 0 Å². The fourth-order valence-corrected chi connectivity index (χ4v) is 1.01. The van der Waals surface area contributed by atoms with Crippen LogP contribution in [0.3, 0.4) is 0 Å². The van der Waals surface area contributed by atoms with Gasteiger partial charge in [-0.2, -0.15) is 0 Å². The Kier molecular flexibility index (Phi) is 3.43. The number of carbonyl (C=O) groups is 1. The first-order chi connectivity index (χ1) is 6.50. The zero-order valence-corrected chi connectivity index (χ0v) is 8.31. The minimum Gasteiger partial charge on any atom is -0.322 e. The number of carbonyl (C=O) groups excluding carboxylic acids is 1. The third-order valence-electron chi connectivity index (χ3n) is 1.60. The molecule has 1 rings (SSSR count). The van der Waals surface area contributed by atoms with E-state index in [9.17, 15) is 9.18 Å². The Morgan fingerprint density at radius 2 is 2.29 bits per heavy atom. The zero-order chi connectivity index (χ0) is 10.7. The molecule has 1 amide bonds. The van der Waals surface area contributed by atoms with Crippen molar-refractivity contribution in [2.75, 3.05) is 5.32 Å². The maximum absolute atomic E-state index is 13.1. The first-order valence-corrected chi connectivity index (χ1v) is 4.40. The third kappa shape index (κ3) is 2.68. The average molecular weight is 217 g/mol. The van der Waals surface area contributed by atoms with Crippen LogP contribution in [0.2, 0.25) is 5.02 Å². The van der Waals surface area contributed by atoms with E-state index in [4.69, 9.17) is 17.3 Å². The van der Waals surface area contributed by atoms with Crippen LogP contribution in [0.4, 0.5) is 10.1 Å². The van der Waals surface area contributed by atoms with E-state index in [2.05, 4.69) is 5.32 Å². The highest BCUT2D eigenvalue weighted by atomic mass is 35.5. The van der Waals surface area contributed by atoms with Crippen molar-refractivity contribution in [3.8, 4) is 0 Å². The normalized spacial score (nSPS) is 12.3. The summed E-state index contributed by atoms with van der Waals surface area (Å²) in [6.45, 7) is 1.51. The molecule has 0 saturated carbocycles. The minimum absolute atomic E-state index is 0.0415. The number of hydrogen-bond donors (Lipinski definition) is 2. The maximum Gasteiger partial charge on any atom is 0.241 e. The zero-order valence-electron chi connectivity index (χ0n) is 7.55. The van der Waals surface area contributed by atoms with Crippen molar-refractivity contribution in [2.24, 2.45) is 5.73 Å². The molecular weight excluding hydrogens is 207 g/mol. The molecule has 0 bridgehead atoms. The second-order valence-corrected chi connectivity index (χ2v) is 3.34. The largest absolute Gasteiger partial charge is 0.322 e. The fraction of sp³-hybridized carbons (Fsp3) is 0.222. The Labute approximate surface area is 86.0 Å². The summed E-state index contributed by atoms with van der Waals surface area (Å²) in [5.41, 5.74) is 5.35. The Morgan fingerprint density at radius 1 is 1.64 bits per heavy atom. The quantitative estimate of drug-likeness (QED) is 0.792. The molecule has 1 aromatic carbocycles. The topological polar surface area (TPSA) is 55.1 Å². The smallest absolute Gasteiger partial charge is 0.241 e. The van der Waals surface area contributed by atoms with Crippen molar-refractivity contribution in [1.82, 2.24) is 0 Å². The molecule has 76 valence electrons. The Bertz CT molecular complexity index is 355. The number of nitrogens with one attached hydrogen (secondary N) is 1. The summed E-state index contributed by atoms with van der Waals surface area (Å²) >= 11 is 5.63. The maximum atomic E-state index is 13.1.